The fourth-order valence-corrected chi connectivity index (χ4v) is 2.22. The molecule has 0 bridgehead atoms. The highest BCUT2D eigenvalue weighted by molar-refractivity contribution is 5.87. The first-order valence-electron chi connectivity index (χ1n) is 6.42. The second kappa shape index (κ2) is 6.15. The van der Waals surface area contributed by atoms with E-state index in [0.29, 0.717) is 19.7 Å². The monoisotopic (exact) mass is 256 g/mol. The summed E-state index contributed by atoms with van der Waals surface area (Å²) < 4.78 is 10.5. The number of hydrogen-bond acceptors (Lipinski definition) is 5. The molecule has 0 aromatic carbocycles. The number of nitrogens with one attached hydrogen (secondary N) is 1. The van der Waals surface area contributed by atoms with E-state index in [2.05, 4.69) is 5.32 Å². The Hall–Kier alpha value is -1.14. The quantitative estimate of drug-likeness (QED) is 0.689. The second-order valence-electron chi connectivity index (χ2n) is 4.79. The number of piperazine rings is 1. The summed E-state index contributed by atoms with van der Waals surface area (Å²) in [6.45, 7) is 2.44. The van der Waals surface area contributed by atoms with Gasteiger partial charge in [-0.05, 0) is 12.8 Å². The fraction of sp³-hybridized carbons (Fsp3) is 0.833. The summed E-state index contributed by atoms with van der Waals surface area (Å²) in [4.78, 5) is 25.0. The van der Waals surface area contributed by atoms with Crippen LogP contribution in [0.15, 0.2) is 0 Å². The largest absolute Gasteiger partial charge is 0.463 e. The van der Waals surface area contributed by atoms with Crippen LogP contribution in [0.2, 0.25) is 0 Å². The highest BCUT2D eigenvalue weighted by Crippen LogP contribution is 2.12. The van der Waals surface area contributed by atoms with Crippen LogP contribution in [0.4, 0.5) is 0 Å². The molecule has 2 rings (SSSR count). The van der Waals surface area contributed by atoms with Crippen molar-refractivity contribution in [2.24, 2.45) is 0 Å². The normalized spacial score (nSPS) is 28.5. The van der Waals surface area contributed by atoms with Gasteiger partial charge in [0, 0.05) is 26.7 Å². The molecule has 2 aliphatic rings. The van der Waals surface area contributed by atoms with E-state index in [1.54, 1.807) is 11.9 Å². The second-order valence-corrected chi connectivity index (χ2v) is 4.79. The minimum absolute atomic E-state index is 0.0339. The molecule has 2 unspecified atom stereocenters. The van der Waals surface area contributed by atoms with Crippen LogP contribution >= 0.6 is 0 Å². The zero-order valence-electron chi connectivity index (χ0n) is 10.7. The maximum Gasteiger partial charge on any atom is 0.308 e. The van der Waals surface area contributed by atoms with Crippen molar-refractivity contribution >= 4 is 11.9 Å². The van der Waals surface area contributed by atoms with E-state index >= 15 is 0 Å². The maximum atomic E-state index is 11.8. The molecule has 2 fully saturated rings. The highest BCUT2D eigenvalue weighted by atomic mass is 16.6. The summed E-state index contributed by atoms with van der Waals surface area (Å²) >= 11 is 0. The lowest BCUT2D eigenvalue weighted by atomic mass is 10.1. The molecule has 102 valence electrons. The molecule has 1 N–H and O–H groups in total. The van der Waals surface area contributed by atoms with E-state index in [4.69, 9.17) is 9.47 Å². The van der Waals surface area contributed by atoms with Crippen LogP contribution in [0.3, 0.4) is 0 Å². The van der Waals surface area contributed by atoms with E-state index in [0.717, 1.165) is 19.4 Å². The number of rotatable bonds is 4. The van der Waals surface area contributed by atoms with E-state index in [-0.39, 0.29) is 24.4 Å². The predicted molar refractivity (Wildman–Crippen MR) is 64.0 cm³/mol. The van der Waals surface area contributed by atoms with Gasteiger partial charge in [-0.3, -0.25) is 9.59 Å². The summed E-state index contributed by atoms with van der Waals surface area (Å²) in [6.07, 6.45) is 2.09. The summed E-state index contributed by atoms with van der Waals surface area (Å²) in [5.41, 5.74) is 0. The first kappa shape index (κ1) is 13.3. The minimum Gasteiger partial charge on any atom is -0.463 e. The minimum atomic E-state index is -0.444. The molecule has 2 saturated heterocycles. The van der Waals surface area contributed by atoms with E-state index in [9.17, 15) is 9.59 Å². The van der Waals surface area contributed by atoms with Crippen LogP contribution in [-0.4, -0.2) is 62.3 Å². The lowest BCUT2D eigenvalue weighted by Crippen LogP contribution is -2.54. The summed E-state index contributed by atoms with van der Waals surface area (Å²) in [5, 5.41) is 3.03. The first-order valence-corrected chi connectivity index (χ1v) is 6.42. The Morgan fingerprint density at radius 1 is 1.61 bits per heavy atom. The lowest BCUT2D eigenvalue weighted by molar-refractivity contribution is -0.150. The van der Waals surface area contributed by atoms with Crippen molar-refractivity contribution < 1.29 is 19.1 Å². The van der Waals surface area contributed by atoms with Gasteiger partial charge < -0.3 is 19.7 Å². The zero-order chi connectivity index (χ0) is 13.0. The Bertz CT molecular complexity index is 315. The Morgan fingerprint density at radius 2 is 2.44 bits per heavy atom. The van der Waals surface area contributed by atoms with Crippen LogP contribution in [0.25, 0.3) is 0 Å². The summed E-state index contributed by atoms with van der Waals surface area (Å²) in [5.74, 6) is -0.387. The fourth-order valence-electron chi connectivity index (χ4n) is 2.22. The van der Waals surface area contributed by atoms with Gasteiger partial charge in [-0.25, -0.2) is 0 Å². The van der Waals surface area contributed by atoms with Crippen molar-refractivity contribution in [1.82, 2.24) is 10.2 Å². The Balaban J connectivity index is 1.71. The van der Waals surface area contributed by atoms with Crippen LogP contribution in [0, 0.1) is 0 Å². The summed E-state index contributed by atoms with van der Waals surface area (Å²) in [7, 11) is 1.74. The highest BCUT2D eigenvalue weighted by Gasteiger charge is 2.28. The number of nitrogens with zero attached hydrogens (tertiary/aromatic N) is 1. The van der Waals surface area contributed by atoms with Crippen molar-refractivity contribution in [2.75, 3.05) is 33.4 Å². The predicted octanol–water partition coefficient (Wildman–Crippen LogP) is -0.471. The molecule has 6 nitrogen and oxygen atoms in total. The number of amides is 1. The van der Waals surface area contributed by atoms with Gasteiger partial charge in [-0.1, -0.05) is 0 Å². The number of carbonyl (C=O) groups is 2. The Kier molecular flexibility index (Phi) is 4.54. The van der Waals surface area contributed by atoms with Crippen molar-refractivity contribution in [1.29, 1.82) is 0 Å². The van der Waals surface area contributed by atoms with Gasteiger partial charge >= 0.3 is 5.97 Å². The molecule has 1 amide bonds. The van der Waals surface area contributed by atoms with Crippen molar-refractivity contribution in [3.8, 4) is 0 Å². The average molecular weight is 256 g/mol. The molecule has 0 aromatic heterocycles. The Labute approximate surface area is 107 Å². The van der Waals surface area contributed by atoms with E-state index < -0.39 is 6.04 Å². The molecule has 0 saturated carbocycles. The Morgan fingerprint density at radius 3 is 3.17 bits per heavy atom. The van der Waals surface area contributed by atoms with Crippen molar-refractivity contribution in [2.45, 2.75) is 31.4 Å². The molecule has 0 aromatic rings. The molecule has 18 heavy (non-hydrogen) atoms. The van der Waals surface area contributed by atoms with Crippen LogP contribution in [-0.2, 0) is 19.1 Å². The molecular formula is C12H20N2O4. The molecule has 2 aliphatic heterocycles. The number of likely N-dealkylation sites (N-methyl/N-ethyl adjacent to an activating group) is 1. The van der Waals surface area contributed by atoms with Crippen LogP contribution < -0.4 is 5.32 Å². The van der Waals surface area contributed by atoms with Crippen LogP contribution in [0.1, 0.15) is 19.3 Å². The molecule has 0 spiro atoms. The van der Waals surface area contributed by atoms with Gasteiger partial charge in [0.25, 0.3) is 0 Å². The smallest absolute Gasteiger partial charge is 0.308 e. The van der Waals surface area contributed by atoms with E-state index in [1.807, 2.05) is 0 Å². The van der Waals surface area contributed by atoms with Gasteiger partial charge in [-0.2, -0.15) is 0 Å². The number of hydrogen-bond donors (Lipinski definition) is 1. The molecular weight excluding hydrogens is 236 g/mol. The van der Waals surface area contributed by atoms with Gasteiger partial charge in [0.1, 0.15) is 6.61 Å². The van der Waals surface area contributed by atoms with Gasteiger partial charge in [0.15, 0.2) is 0 Å². The van der Waals surface area contributed by atoms with Gasteiger partial charge in [-0.15, -0.1) is 0 Å². The third-order valence-corrected chi connectivity index (χ3v) is 3.34. The third-order valence-electron chi connectivity index (χ3n) is 3.34. The van der Waals surface area contributed by atoms with Crippen molar-refractivity contribution in [3.05, 3.63) is 0 Å². The van der Waals surface area contributed by atoms with Gasteiger partial charge in [0.2, 0.25) is 5.91 Å². The number of ether oxygens (including phenoxy) is 2. The number of esters is 1. The third kappa shape index (κ3) is 3.43. The topological polar surface area (TPSA) is 67.9 Å². The average Bonchev–Trinajstić information content (AvgIpc) is 2.86. The van der Waals surface area contributed by atoms with Crippen molar-refractivity contribution in [3.63, 3.8) is 0 Å². The molecule has 0 aliphatic carbocycles. The maximum absolute atomic E-state index is 11.8. The molecule has 6 heteroatoms. The van der Waals surface area contributed by atoms with Crippen LogP contribution in [0.5, 0.6) is 0 Å². The first-order chi connectivity index (χ1) is 8.66. The van der Waals surface area contributed by atoms with E-state index in [1.165, 1.54) is 0 Å². The number of carbonyl (C=O) groups excluding carboxylic acids is 2. The molecule has 0 radical (unpaired) electrons. The van der Waals surface area contributed by atoms with Gasteiger partial charge in [0.05, 0.1) is 18.6 Å². The SMILES string of the molecule is CN1CCNC(CC(=O)OCC2CCCO2)C1=O. The lowest BCUT2D eigenvalue weighted by Gasteiger charge is -2.29. The summed E-state index contributed by atoms with van der Waals surface area (Å²) in [6, 6.07) is -0.444. The zero-order valence-corrected chi connectivity index (χ0v) is 10.7. The molecule has 2 heterocycles. The standard InChI is InChI=1S/C12H20N2O4/c1-14-5-4-13-10(12(14)16)7-11(15)18-8-9-3-2-6-17-9/h9-10,13H,2-8H2,1H3. The molecule has 2 atom stereocenters.